The summed E-state index contributed by atoms with van der Waals surface area (Å²) in [6.45, 7) is 0.241. The zero-order valence-electron chi connectivity index (χ0n) is 9.68. The summed E-state index contributed by atoms with van der Waals surface area (Å²) in [6.07, 6.45) is 1.49. The number of carboxylic acid groups (broad SMARTS) is 1. The van der Waals surface area contributed by atoms with Crippen molar-refractivity contribution in [2.75, 3.05) is 0 Å². The maximum absolute atomic E-state index is 11.8. The largest absolute Gasteiger partial charge is 0.478 e. The fourth-order valence-corrected chi connectivity index (χ4v) is 1.89. The number of carbonyl (C=O) groups is 2. The summed E-state index contributed by atoms with van der Waals surface area (Å²) in [5, 5.41) is 17.8. The van der Waals surface area contributed by atoms with Crippen LogP contribution in [0, 0.1) is 0 Å². The maximum atomic E-state index is 11.8. The Hall–Kier alpha value is -2.15. The van der Waals surface area contributed by atoms with Crippen LogP contribution in [0.25, 0.3) is 0 Å². The first-order chi connectivity index (χ1) is 9.08. The van der Waals surface area contributed by atoms with Gasteiger partial charge in [-0.1, -0.05) is 12.1 Å². The van der Waals surface area contributed by atoms with Gasteiger partial charge in [0, 0.05) is 6.54 Å². The third kappa shape index (κ3) is 3.19. The lowest BCUT2D eigenvalue weighted by atomic mass is 10.1. The lowest BCUT2D eigenvalue weighted by Gasteiger charge is -2.05. The van der Waals surface area contributed by atoms with Gasteiger partial charge in [0.25, 0.3) is 5.91 Å². The predicted molar refractivity (Wildman–Crippen MR) is 70.9 cm³/mol. The fraction of sp³-hybridized carbons (Fsp3) is 0.0833. The zero-order valence-corrected chi connectivity index (χ0v) is 11.3. The van der Waals surface area contributed by atoms with Crippen LogP contribution in [0.1, 0.15) is 26.4 Å². The van der Waals surface area contributed by atoms with Gasteiger partial charge in [-0.05, 0) is 33.6 Å². The molecule has 1 heterocycles. The summed E-state index contributed by atoms with van der Waals surface area (Å²) < 4.78 is 0.573. The molecule has 0 saturated heterocycles. The molecule has 0 radical (unpaired) electrons. The van der Waals surface area contributed by atoms with Crippen LogP contribution >= 0.6 is 15.9 Å². The molecule has 3 N–H and O–H groups in total. The van der Waals surface area contributed by atoms with Gasteiger partial charge in [-0.3, -0.25) is 9.89 Å². The zero-order chi connectivity index (χ0) is 13.8. The average Bonchev–Trinajstić information content (AvgIpc) is 2.82. The number of H-pyrrole nitrogens is 1. The second-order valence-electron chi connectivity index (χ2n) is 3.78. The number of aromatic nitrogens is 2. The number of aromatic amines is 1. The molecule has 0 spiro atoms. The molecule has 2 rings (SSSR count). The van der Waals surface area contributed by atoms with Crippen molar-refractivity contribution in [2.24, 2.45) is 0 Å². The number of nitrogens with zero attached hydrogens (tertiary/aromatic N) is 1. The number of halogens is 1. The molecule has 0 aliphatic heterocycles. The number of benzene rings is 1. The lowest BCUT2D eigenvalue weighted by molar-refractivity contribution is 0.0696. The van der Waals surface area contributed by atoms with Crippen molar-refractivity contribution in [2.45, 2.75) is 6.54 Å². The Kier molecular flexibility index (Phi) is 3.96. The van der Waals surface area contributed by atoms with E-state index in [4.69, 9.17) is 5.11 Å². The first-order valence-corrected chi connectivity index (χ1v) is 6.16. The number of amides is 1. The highest BCUT2D eigenvalue weighted by Crippen LogP contribution is 2.12. The Bertz CT molecular complexity index is 624. The van der Waals surface area contributed by atoms with Gasteiger partial charge >= 0.3 is 5.97 Å². The van der Waals surface area contributed by atoms with Crippen molar-refractivity contribution < 1.29 is 14.7 Å². The summed E-state index contributed by atoms with van der Waals surface area (Å²) in [4.78, 5) is 22.6. The molecule has 0 saturated carbocycles. The molecule has 0 aliphatic carbocycles. The van der Waals surface area contributed by atoms with E-state index in [1.807, 2.05) is 0 Å². The minimum Gasteiger partial charge on any atom is -0.478 e. The Morgan fingerprint density at radius 3 is 2.84 bits per heavy atom. The van der Waals surface area contributed by atoms with E-state index in [9.17, 15) is 9.59 Å². The van der Waals surface area contributed by atoms with Crippen LogP contribution < -0.4 is 5.32 Å². The molecule has 1 aromatic carbocycles. The number of hydrogen-bond donors (Lipinski definition) is 3. The van der Waals surface area contributed by atoms with Crippen molar-refractivity contribution >= 4 is 27.8 Å². The monoisotopic (exact) mass is 323 g/mol. The van der Waals surface area contributed by atoms with E-state index in [2.05, 4.69) is 31.4 Å². The van der Waals surface area contributed by atoms with E-state index < -0.39 is 5.97 Å². The molecule has 1 aromatic heterocycles. The molecule has 0 aliphatic rings. The summed E-state index contributed by atoms with van der Waals surface area (Å²) in [5.74, 6) is -1.31. The predicted octanol–water partition coefficient (Wildman–Crippen LogP) is 1.80. The van der Waals surface area contributed by atoms with Crippen molar-refractivity contribution in [1.29, 1.82) is 0 Å². The van der Waals surface area contributed by atoms with Crippen molar-refractivity contribution in [3.63, 3.8) is 0 Å². The molecule has 0 bridgehead atoms. The summed E-state index contributed by atoms with van der Waals surface area (Å²) in [5.41, 5.74) is 1.23. The lowest BCUT2D eigenvalue weighted by Crippen LogP contribution is -2.23. The molecule has 0 atom stereocenters. The SMILES string of the molecule is O=C(O)c1cccc(CNC(=O)c2[nH]ncc2Br)c1. The van der Waals surface area contributed by atoms with Crippen LogP contribution in [0.2, 0.25) is 0 Å². The molecule has 1 amide bonds. The van der Waals surface area contributed by atoms with Crippen molar-refractivity contribution in [1.82, 2.24) is 15.5 Å². The Labute approximate surface area is 117 Å². The molecule has 2 aromatic rings. The first kappa shape index (κ1) is 13.3. The molecule has 6 nitrogen and oxygen atoms in total. The van der Waals surface area contributed by atoms with Gasteiger partial charge in [0.2, 0.25) is 0 Å². The molecule has 98 valence electrons. The van der Waals surface area contributed by atoms with Gasteiger partial charge in [-0.25, -0.2) is 4.79 Å². The fourth-order valence-electron chi connectivity index (χ4n) is 1.52. The minimum atomic E-state index is -0.996. The third-order valence-electron chi connectivity index (χ3n) is 2.45. The van der Waals surface area contributed by atoms with Gasteiger partial charge in [0.05, 0.1) is 16.2 Å². The Morgan fingerprint density at radius 2 is 2.21 bits per heavy atom. The first-order valence-electron chi connectivity index (χ1n) is 5.37. The van der Waals surface area contributed by atoms with Gasteiger partial charge in [0.1, 0.15) is 5.69 Å². The van der Waals surface area contributed by atoms with Crippen LogP contribution in [-0.4, -0.2) is 27.2 Å². The van der Waals surface area contributed by atoms with Crippen LogP contribution in [0.5, 0.6) is 0 Å². The number of carbonyl (C=O) groups excluding carboxylic acids is 1. The second-order valence-corrected chi connectivity index (χ2v) is 4.64. The molecular weight excluding hydrogens is 314 g/mol. The maximum Gasteiger partial charge on any atom is 0.335 e. The normalized spacial score (nSPS) is 10.2. The number of aromatic carboxylic acids is 1. The van der Waals surface area contributed by atoms with Gasteiger partial charge in [0.15, 0.2) is 0 Å². The van der Waals surface area contributed by atoms with E-state index in [1.165, 1.54) is 18.3 Å². The van der Waals surface area contributed by atoms with Crippen molar-refractivity contribution in [3.8, 4) is 0 Å². The van der Waals surface area contributed by atoms with E-state index in [-0.39, 0.29) is 18.0 Å². The second kappa shape index (κ2) is 5.66. The summed E-state index contributed by atoms with van der Waals surface area (Å²) in [6, 6.07) is 6.40. The quantitative estimate of drug-likeness (QED) is 0.799. The van der Waals surface area contributed by atoms with Crippen LogP contribution in [0.4, 0.5) is 0 Å². The summed E-state index contributed by atoms with van der Waals surface area (Å²) >= 11 is 3.19. The van der Waals surface area contributed by atoms with Crippen LogP contribution in [-0.2, 0) is 6.54 Å². The van der Waals surface area contributed by atoms with Gasteiger partial charge in [-0.15, -0.1) is 0 Å². The molecule has 0 fully saturated rings. The molecular formula is C12H10BrN3O3. The Balaban J connectivity index is 2.03. The molecule has 19 heavy (non-hydrogen) atoms. The van der Waals surface area contributed by atoms with E-state index in [1.54, 1.807) is 12.1 Å². The highest BCUT2D eigenvalue weighted by atomic mass is 79.9. The highest BCUT2D eigenvalue weighted by Gasteiger charge is 2.11. The van der Waals surface area contributed by atoms with Crippen molar-refractivity contribution in [3.05, 3.63) is 51.8 Å². The number of rotatable bonds is 4. The van der Waals surface area contributed by atoms with E-state index in [0.29, 0.717) is 15.7 Å². The molecule has 7 heteroatoms. The van der Waals surface area contributed by atoms with Gasteiger partial charge in [-0.2, -0.15) is 5.10 Å². The van der Waals surface area contributed by atoms with E-state index >= 15 is 0 Å². The van der Waals surface area contributed by atoms with Crippen LogP contribution in [0.15, 0.2) is 34.9 Å². The highest BCUT2D eigenvalue weighted by molar-refractivity contribution is 9.10. The van der Waals surface area contributed by atoms with Crippen LogP contribution in [0.3, 0.4) is 0 Å². The third-order valence-corrected chi connectivity index (χ3v) is 3.05. The minimum absolute atomic E-state index is 0.189. The topological polar surface area (TPSA) is 95.1 Å². The molecule has 0 unspecified atom stereocenters. The van der Waals surface area contributed by atoms with E-state index in [0.717, 1.165) is 0 Å². The Morgan fingerprint density at radius 1 is 1.42 bits per heavy atom. The summed E-state index contributed by atoms with van der Waals surface area (Å²) in [7, 11) is 0. The average molecular weight is 324 g/mol. The standard InChI is InChI=1S/C12H10BrN3O3/c13-9-6-15-16-10(9)11(17)14-5-7-2-1-3-8(4-7)12(18)19/h1-4,6H,5H2,(H,14,17)(H,15,16)(H,18,19). The van der Waals surface area contributed by atoms with Gasteiger partial charge < -0.3 is 10.4 Å². The number of carboxylic acids is 1. The number of hydrogen-bond acceptors (Lipinski definition) is 3. The smallest absolute Gasteiger partial charge is 0.335 e. The number of nitrogens with one attached hydrogen (secondary N) is 2.